The van der Waals surface area contributed by atoms with E-state index in [0.717, 1.165) is 0 Å². The van der Waals surface area contributed by atoms with Crippen molar-refractivity contribution in [3.05, 3.63) is 64.2 Å². The third-order valence-corrected chi connectivity index (χ3v) is 2.86. The van der Waals surface area contributed by atoms with Crippen LogP contribution in [0.5, 0.6) is 5.75 Å². The van der Waals surface area contributed by atoms with Gasteiger partial charge in [-0.25, -0.2) is 0 Å². The maximum Gasteiger partial charge on any atom is 0.198 e. The van der Waals surface area contributed by atoms with Crippen LogP contribution in [0.25, 0.3) is 0 Å². The maximum absolute atomic E-state index is 12.3. The number of aldehydes is 1. The molecule has 0 saturated heterocycles. The van der Waals surface area contributed by atoms with E-state index in [4.69, 9.17) is 11.6 Å². The molecule has 0 spiro atoms. The summed E-state index contributed by atoms with van der Waals surface area (Å²) in [5.74, 6) is -0.611. The van der Waals surface area contributed by atoms with Crippen LogP contribution in [0.3, 0.4) is 0 Å². The summed E-state index contributed by atoms with van der Waals surface area (Å²) in [6.45, 7) is 0. The molecule has 0 aromatic heterocycles. The van der Waals surface area contributed by atoms with Crippen LogP contribution >= 0.6 is 11.6 Å². The van der Waals surface area contributed by atoms with E-state index >= 15 is 0 Å². The normalized spacial score (nSPS) is 10.1. The minimum Gasteiger partial charge on any atom is -0.507 e. The molecule has 3 nitrogen and oxygen atoms in total. The highest BCUT2D eigenvalue weighted by Gasteiger charge is 2.19. The van der Waals surface area contributed by atoms with Gasteiger partial charge in [-0.15, -0.1) is 0 Å². The Hall–Kier alpha value is -2.13. The van der Waals surface area contributed by atoms with Crippen LogP contribution in [0.4, 0.5) is 0 Å². The van der Waals surface area contributed by atoms with Gasteiger partial charge < -0.3 is 5.11 Å². The highest BCUT2D eigenvalue weighted by Crippen LogP contribution is 2.26. The molecule has 0 aliphatic carbocycles. The van der Waals surface area contributed by atoms with Crippen molar-refractivity contribution in [2.24, 2.45) is 0 Å². The quantitative estimate of drug-likeness (QED) is 0.682. The van der Waals surface area contributed by atoms with Crippen LogP contribution in [0, 0.1) is 0 Å². The summed E-state index contributed by atoms with van der Waals surface area (Å²) in [6.07, 6.45) is 0.569. The van der Waals surface area contributed by atoms with Crippen molar-refractivity contribution in [1.82, 2.24) is 0 Å². The largest absolute Gasteiger partial charge is 0.507 e. The van der Waals surface area contributed by atoms with Gasteiger partial charge in [0.1, 0.15) is 5.75 Å². The Labute approximate surface area is 109 Å². The number of hydrogen-bond acceptors (Lipinski definition) is 3. The SMILES string of the molecule is O=Cc1cccc(Cl)c1C(=O)c1ccccc1O. The van der Waals surface area contributed by atoms with Crippen LogP contribution in [-0.4, -0.2) is 17.2 Å². The molecule has 0 saturated carbocycles. The third kappa shape index (κ3) is 2.13. The molecule has 0 aliphatic heterocycles. The Morgan fingerprint density at radius 2 is 1.83 bits per heavy atom. The number of aromatic hydroxyl groups is 1. The zero-order chi connectivity index (χ0) is 13.1. The monoisotopic (exact) mass is 260 g/mol. The average molecular weight is 261 g/mol. The lowest BCUT2D eigenvalue weighted by Crippen LogP contribution is -2.06. The number of carbonyl (C=O) groups excluding carboxylic acids is 2. The molecule has 0 unspecified atom stereocenters. The second-order valence-corrected chi connectivity index (χ2v) is 4.08. The van der Waals surface area contributed by atoms with Gasteiger partial charge in [0.15, 0.2) is 12.1 Å². The molecule has 0 amide bonds. The Morgan fingerprint density at radius 1 is 1.11 bits per heavy atom. The Bertz CT molecular complexity index is 620. The number of hydrogen-bond donors (Lipinski definition) is 1. The van der Waals surface area contributed by atoms with E-state index in [0.29, 0.717) is 6.29 Å². The summed E-state index contributed by atoms with van der Waals surface area (Å²) in [5.41, 5.74) is 0.431. The van der Waals surface area contributed by atoms with Gasteiger partial charge in [0.25, 0.3) is 0 Å². The predicted octanol–water partition coefficient (Wildman–Crippen LogP) is 3.09. The molecule has 2 aromatic rings. The topological polar surface area (TPSA) is 54.4 Å². The van der Waals surface area contributed by atoms with Crippen molar-refractivity contribution in [2.45, 2.75) is 0 Å². The first kappa shape index (κ1) is 12.3. The van der Waals surface area contributed by atoms with Crippen LogP contribution in [-0.2, 0) is 0 Å². The van der Waals surface area contributed by atoms with Gasteiger partial charge in [0.2, 0.25) is 0 Å². The molecule has 0 aliphatic rings. The van der Waals surface area contributed by atoms with Crippen LogP contribution < -0.4 is 0 Å². The smallest absolute Gasteiger partial charge is 0.198 e. The fourth-order valence-electron chi connectivity index (χ4n) is 1.68. The highest BCUT2D eigenvalue weighted by atomic mass is 35.5. The number of phenols is 1. The number of phenolic OH excluding ortho intramolecular Hbond substituents is 1. The van der Waals surface area contributed by atoms with Crippen LogP contribution in [0.2, 0.25) is 5.02 Å². The molecular formula is C14H9ClO3. The Balaban J connectivity index is 2.60. The molecule has 0 bridgehead atoms. The van der Waals surface area contributed by atoms with E-state index < -0.39 is 5.78 Å². The lowest BCUT2D eigenvalue weighted by molar-refractivity contribution is 0.102. The molecule has 4 heteroatoms. The summed E-state index contributed by atoms with van der Waals surface area (Å²) in [5, 5.41) is 9.83. The number of halogens is 1. The van der Waals surface area contributed by atoms with Crippen LogP contribution in [0.15, 0.2) is 42.5 Å². The van der Waals surface area contributed by atoms with E-state index in [-0.39, 0.29) is 27.5 Å². The second kappa shape index (κ2) is 5.02. The van der Waals surface area contributed by atoms with E-state index in [9.17, 15) is 14.7 Å². The van der Waals surface area contributed by atoms with E-state index in [2.05, 4.69) is 0 Å². The molecule has 2 rings (SSSR count). The van der Waals surface area contributed by atoms with Gasteiger partial charge in [0.05, 0.1) is 16.1 Å². The first-order valence-corrected chi connectivity index (χ1v) is 5.59. The summed E-state index contributed by atoms with van der Waals surface area (Å²) >= 11 is 5.94. The summed E-state index contributed by atoms with van der Waals surface area (Å²) < 4.78 is 0. The van der Waals surface area contributed by atoms with Gasteiger partial charge in [-0.3, -0.25) is 9.59 Å². The summed E-state index contributed by atoms with van der Waals surface area (Å²) in [7, 11) is 0. The molecule has 18 heavy (non-hydrogen) atoms. The first-order chi connectivity index (χ1) is 8.65. The lowest BCUT2D eigenvalue weighted by Gasteiger charge is -2.07. The Kier molecular flexibility index (Phi) is 3.44. The maximum atomic E-state index is 12.3. The second-order valence-electron chi connectivity index (χ2n) is 3.67. The molecule has 0 atom stereocenters. The summed E-state index contributed by atoms with van der Waals surface area (Å²) in [4.78, 5) is 23.2. The molecular weight excluding hydrogens is 252 g/mol. The van der Waals surface area contributed by atoms with Crippen molar-refractivity contribution >= 4 is 23.7 Å². The predicted molar refractivity (Wildman–Crippen MR) is 68.4 cm³/mol. The van der Waals surface area contributed by atoms with Crippen molar-refractivity contribution in [3.63, 3.8) is 0 Å². The minimum atomic E-state index is -0.471. The fraction of sp³-hybridized carbons (Fsp3) is 0. The number of para-hydroxylation sites is 1. The highest BCUT2D eigenvalue weighted by molar-refractivity contribution is 6.36. The van der Waals surface area contributed by atoms with Gasteiger partial charge >= 0.3 is 0 Å². The van der Waals surface area contributed by atoms with Crippen molar-refractivity contribution < 1.29 is 14.7 Å². The molecule has 90 valence electrons. The minimum absolute atomic E-state index is 0.107. The molecule has 1 N–H and O–H groups in total. The molecule has 2 aromatic carbocycles. The van der Waals surface area contributed by atoms with Crippen molar-refractivity contribution in [2.75, 3.05) is 0 Å². The average Bonchev–Trinajstić information content (AvgIpc) is 2.38. The van der Waals surface area contributed by atoms with Crippen molar-refractivity contribution in [3.8, 4) is 5.75 Å². The molecule has 0 radical (unpaired) electrons. The Morgan fingerprint density at radius 3 is 2.50 bits per heavy atom. The number of ketones is 1. The van der Waals surface area contributed by atoms with Crippen molar-refractivity contribution in [1.29, 1.82) is 0 Å². The fourth-order valence-corrected chi connectivity index (χ4v) is 1.95. The number of rotatable bonds is 3. The number of carbonyl (C=O) groups is 2. The molecule has 0 heterocycles. The molecule has 0 fully saturated rings. The van der Waals surface area contributed by atoms with E-state index in [1.165, 1.54) is 24.3 Å². The van der Waals surface area contributed by atoms with Gasteiger partial charge in [0, 0.05) is 5.56 Å². The zero-order valence-electron chi connectivity index (χ0n) is 9.26. The summed E-state index contributed by atoms with van der Waals surface area (Å²) in [6, 6.07) is 10.8. The van der Waals surface area contributed by atoms with Gasteiger partial charge in [-0.1, -0.05) is 35.9 Å². The standard InChI is InChI=1S/C14H9ClO3/c15-11-6-3-4-9(8-16)13(11)14(18)10-5-1-2-7-12(10)17/h1-8,17H. The third-order valence-electron chi connectivity index (χ3n) is 2.55. The lowest BCUT2D eigenvalue weighted by atomic mass is 9.98. The van der Waals surface area contributed by atoms with E-state index in [1.807, 2.05) is 0 Å². The van der Waals surface area contributed by atoms with Crippen LogP contribution in [0.1, 0.15) is 26.3 Å². The number of benzene rings is 2. The zero-order valence-corrected chi connectivity index (χ0v) is 10.0. The van der Waals surface area contributed by atoms with Gasteiger partial charge in [-0.05, 0) is 18.2 Å². The van der Waals surface area contributed by atoms with Gasteiger partial charge in [-0.2, -0.15) is 0 Å². The van der Waals surface area contributed by atoms with E-state index in [1.54, 1.807) is 18.2 Å². The first-order valence-electron chi connectivity index (χ1n) is 5.21.